The molecule has 2 aromatic heterocycles. The van der Waals surface area contributed by atoms with E-state index in [4.69, 9.17) is 26.2 Å². The predicted molar refractivity (Wildman–Crippen MR) is 218 cm³/mol. The topological polar surface area (TPSA) is 131 Å². The van der Waals surface area contributed by atoms with Crippen LogP contribution >= 0.6 is 22.9 Å². The second kappa shape index (κ2) is 13.9. The molecule has 3 aliphatic carbocycles. The number of hydrogen-bond acceptors (Lipinski definition) is 9. The van der Waals surface area contributed by atoms with Gasteiger partial charge in [0.2, 0.25) is 29.4 Å². The van der Waals surface area contributed by atoms with E-state index in [1.165, 1.54) is 19.1 Å². The number of fused-ring (bicyclic) bond motifs is 5. The number of hydrogen-bond donors (Lipinski definition) is 1. The number of allylic oxidation sites excluding steroid dienone is 3. The molecule has 1 N–H and O–H groups in total. The summed E-state index contributed by atoms with van der Waals surface area (Å²) in [5.41, 5.74) is 1.99. The summed E-state index contributed by atoms with van der Waals surface area (Å²) in [6.45, 7) is 3.88. The number of anilines is 1. The molecule has 2 aromatic carbocycles. The van der Waals surface area contributed by atoms with Gasteiger partial charge in [-0.1, -0.05) is 54.7 Å². The second-order valence-corrected chi connectivity index (χ2v) is 17.9. The molecule has 4 aromatic rings. The zero-order chi connectivity index (χ0) is 40.1. The van der Waals surface area contributed by atoms with Gasteiger partial charge >= 0.3 is 0 Å². The Hall–Kier alpha value is -4.94. The molecule has 4 fully saturated rings. The molecule has 13 heteroatoms. The van der Waals surface area contributed by atoms with Crippen LogP contribution in [0.4, 0.5) is 5.82 Å². The highest BCUT2D eigenvalue weighted by Crippen LogP contribution is 2.61. The summed E-state index contributed by atoms with van der Waals surface area (Å²) in [5.74, 6) is -3.12. The van der Waals surface area contributed by atoms with Crippen molar-refractivity contribution in [3.63, 3.8) is 0 Å². The van der Waals surface area contributed by atoms with Crippen LogP contribution in [0.3, 0.4) is 0 Å². The number of carbonyl (C=O) groups excluding carboxylic acids is 4. The van der Waals surface area contributed by atoms with Gasteiger partial charge in [-0.2, -0.15) is 5.10 Å². The lowest BCUT2D eigenvalue weighted by atomic mass is 9.52. The lowest BCUT2D eigenvalue weighted by Crippen LogP contribution is -2.49. The minimum Gasteiger partial charge on any atom is -0.502 e. The zero-order valence-corrected chi connectivity index (χ0v) is 34.2. The molecule has 0 radical (unpaired) electrons. The first kappa shape index (κ1) is 37.6. The summed E-state index contributed by atoms with van der Waals surface area (Å²) in [7, 11) is 4.65. The zero-order valence-electron chi connectivity index (χ0n) is 32.6. The van der Waals surface area contributed by atoms with Gasteiger partial charge < -0.3 is 14.6 Å². The van der Waals surface area contributed by atoms with Crippen LogP contribution in [0.25, 0.3) is 26.7 Å². The van der Waals surface area contributed by atoms with E-state index >= 15 is 4.79 Å². The van der Waals surface area contributed by atoms with E-state index in [1.807, 2.05) is 44.2 Å². The lowest BCUT2D eigenvalue weighted by Gasteiger charge is -2.48. The minimum atomic E-state index is -1.22. The Morgan fingerprint density at radius 1 is 0.965 bits per heavy atom. The molecule has 296 valence electrons. The van der Waals surface area contributed by atoms with Gasteiger partial charge in [0, 0.05) is 34.8 Å². The smallest absolute Gasteiger partial charge is 0.242 e. The van der Waals surface area contributed by atoms with Crippen molar-refractivity contribution in [3.8, 4) is 27.8 Å². The molecule has 11 nitrogen and oxygen atoms in total. The molecular weight excluding hydrogens is 764 g/mol. The molecule has 4 heterocycles. The number of amides is 4. The summed E-state index contributed by atoms with van der Waals surface area (Å²) >= 11 is 7.92. The van der Waals surface area contributed by atoms with Crippen LogP contribution in [0, 0.1) is 41.9 Å². The number of nitrogens with zero attached hydrogens (tertiary/aromatic N) is 4. The number of carbonyl (C=O) groups is 4. The highest BCUT2D eigenvalue weighted by molar-refractivity contribution is 7.22. The van der Waals surface area contributed by atoms with Gasteiger partial charge in [-0.05, 0) is 92.3 Å². The van der Waals surface area contributed by atoms with E-state index in [2.05, 4.69) is 6.08 Å². The number of thiophene rings is 1. The summed E-state index contributed by atoms with van der Waals surface area (Å²) in [6.07, 6.45) is 11.2. The van der Waals surface area contributed by atoms with Crippen molar-refractivity contribution in [1.82, 2.24) is 14.7 Å². The number of aryl methyl sites for hydroxylation is 2. The number of benzene rings is 2. The molecule has 6 atom stereocenters. The summed E-state index contributed by atoms with van der Waals surface area (Å²) in [5, 5.41) is 17.1. The third kappa shape index (κ3) is 5.61. The first-order valence-corrected chi connectivity index (χ1v) is 20.9. The van der Waals surface area contributed by atoms with Crippen molar-refractivity contribution in [2.45, 2.75) is 64.8 Å². The highest BCUT2D eigenvalue weighted by atomic mass is 35.5. The fraction of sp³-hybridized carbons (Fsp3) is 0.432. The van der Waals surface area contributed by atoms with E-state index in [1.54, 1.807) is 46.2 Å². The summed E-state index contributed by atoms with van der Waals surface area (Å²) in [4.78, 5) is 62.4. The van der Waals surface area contributed by atoms with Gasteiger partial charge in [-0.3, -0.25) is 28.8 Å². The number of likely N-dealkylation sites (tertiary alicyclic amines) is 1. The molecule has 4 amide bonds. The molecule has 0 spiro atoms. The molecule has 5 aliphatic rings. The summed E-state index contributed by atoms with van der Waals surface area (Å²) in [6, 6.07) is 10.8. The Balaban J connectivity index is 1.13. The Bertz CT molecular complexity index is 2420. The van der Waals surface area contributed by atoms with Gasteiger partial charge in [0.15, 0.2) is 11.5 Å². The number of rotatable bonds is 7. The van der Waals surface area contributed by atoms with E-state index in [0.717, 1.165) is 58.2 Å². The van der Waals surface area contributed by atoms with E-state index in [0.29, 0.717) is 28.5 Å². The molecule has 57 heavy (non-hydrogen) atoms. The fourth-order valence-electron chi connectivity index (χ4n) is 10.6. The molecule has 0 unspecified atom stereocenters. The number of aromatic nitrogens is 2. The van der Waals surface area contributed by atoms with Crippen LogP contribution in [0.5, 0.6) is 17.2 Å². The Kier molecular flexibility index (Phi) is 9.15. The molecule has 2 saturated carbocycles. The Morgan fingerprint density at radius 3 is 2.39 bits per heavy atom. The van der Waals surface area contributed by atoms with Gasteiger partial charge in [-0.25, -0.2) is 4.90 Å². The van der Waals surface area contributed by atoms with Crippen molar-refractivity contribution >= 4 is 68.5 Å². The molecule has 2 aliphatic heterocycles. The number of aromatic hydroxyl groups is 1. The summed E-state index contributed by atoms with van der Waals surface area (Å²) < 4.78 is 13.5. The normalized spacial score (nSPS) is 27.7. The number of ether oxygens (including phenoxy) is 2. The maximum absolute atomic E-state index is 15.1. The third-order valence-electron chi connectivity index (χ3n) is 13.5. The number of imide groups is 2. The minimum absolute atomic E-state index is 0.0948. The molecule has 9 rings (SSSR count). The fourth-order valence-corrected chi connectivity index (χ4v) is 11.9. The van der Waals surface area contributed by atoms with Crippen LogP contribution in [-0.2, 0) is 26.2 Å². The van der Waals surface area contributed by atoms with Gasteiger partial charge in [0.05, 0.1) is 42.3 Å². The average Bonchev–Trinajstić information content (AvgIpc) is 3.88. The first-order chi connectivity index (χ1) is 27.4. The van der Waals surface area contributed by atoms with Gasteiger partial charge in [-0.15, -0.1) is 11.3 Å². The largest absolute Gasteiger partial charge is 0.502 e. The van der Waals surface area contributed by atoms with Gasteiger partial charge in [0.25, 0.3) is 0 Å². The maximum Gasteiger partial charge on any atom is 0.242 e. The second-order valence-electron chi connectivity index (χ2n) is 16.4. The van der Waals surface area contributed by atoms with Crippen molar-refractivity contribution in [1.29, 1.82) is 0 Å². The molecule has 0 bridgehead atoms. The SMILES string of the molecule is COc1cc(C=C[C@H]2C3=CC[C@@H]4C(=O)N(C5CCCCC5)C(=O)[C@@H]4[C@@H]3C[C@H]3C(=O)N(c4cc(-c5sc6ccc(Cl)cc6c5C)nn4C)C(=O)[C@@]23C)cc(OC)c1O. The van der Waals surface area contributed by atoms with Crippen molar-refractivity contribution < 1.29 is 33.8 Å². The van der Waals surface area contributed by atoms with E-state index < -0.39 is 35.0 Å². The average molecular weight is 809 g/mol. The van der Waals surface area contributed by atoms with Crippen LogP contribution in [0.1, 0.15) is 63.0 Å². The maximum atomic E-state index is 15.1. The quantitative estimate of drug-likeness (QED) is 0.147. The van der Waals surface area contributed by atoms with E-state index in [9.17, 15) is 19.5 Å². The Labute approximate surface area is 339 Å². The molecular formula is C44H45ClN4O7S. The van der Waals surface area contributed by atoms with Crippen molar-refractivity contribution in [2.24, 2.45) is 42.1 Å². The number of phenolic OH excluding ortho intramolecular Hbond substituents is 1. The van der Waals surface area contributed by atoms with Crippen LogP contribution < -0.4 is 14.4 Å². The first-order valence-electron chi connectivity index (χ1n) is 19.7. The molecule has 2 saturated heterocycles. The van der Waals surface area contributed by atoms with Crippen molar-refractivity contribution in [2.75, 3.05) is 19.1 Å². The standard InChI is InChI=1S/C44H45ClN4O7S/c1-22-28-19-24(45)12-16-35(28)57-39(22)32-21-36(47(3)46-32)49-41(52)31-20-29-26(13-14-27-37(29)42(53)48(40(27)51)25-9-7-6-8-10-25)30(44(31,2)43(49)54)15-11-23-17-33(55-4)38(50)34(18-23)56-5/h11-13,15-19,21,25,27,29-31,37,50H,6-10,14,20H2,1-5H3/t27-,29+,30-,31-,37-,44-/m0/s1. The predicted octanol–water partition coefficient (Wildman–Crippen LogP) is 8.10. The number of phenols is 1. The Morgan fingerprint density at radius 2 is 1.68 bits per heavy atom. The van der Waals surface area contributed by atoms with Crippen LogP contribution in [-0.4, -0.2) is 63.7 Å². The number of methoxy groups -OCH3 is 2. The van der Waals surface area contributed by atoms with Gasteiger partial charge in [0.1, 0.15) is 11.5 Å². The van der Waals surface area contributed by atoms with Crippen LogP contribution in [0.15, 0.2) is 54.1 Å². The lowest BCUT2D eigenvalue weighted by molar-refractivity contribution is -0.144. The monoisotopic (exact) mass is 808 g/mol. The van der Waals surface area contributed by atoms with Crippen molar-refractivity contribution in [3.05, 3.63) is 70.3 Å². The van der Waals surface area contributed by atoms with Crippen LogP contribution in [0.2, 0.25) is 5.02 Å². The third-order valence-corrected chi connectivity index (χ3v) is 15.0. The number of halogens is 1. The van der Waals surface area contributed by atoms with E-state index in [-0.39, 0.29) is 53.3 Å². The highest BCUT2D eigenvalue weighted by Gasteiger charge is 2.67.